The molecule has 28 heavy (non-hydrogen) atoms. The van der Waals surface area contributed by atoms with Gasteiger partial charge in [-0.25, -0.2) is 4.39 Å². The van der Waals surface area contributed by atoms with Crippen molar-refractivity contribution in [3.8, 4) is 5.75 Å². The van der Waals surface area contributed by atoms with Crippen molar-refractivity contribution in [1.29, 1.82) is 0 Å². The van der Waals surface area contributed by atoms with Crippen molar-refractivity contribution in [1.82, 2.24) is 4.57 Å². The van der Waals surface area contributed by atoms with Gasteiger partial charge >= 0.3 is 0 Å². The van der Waals surface area contributed by atoms with Crippen LogP contribution in [0.5, 0.6) is 5.75 Å². The SMILES string of the molecule is COCCn1c(=NC(=O)C(C)(C)Oc2ccc(Cl)cc2)sc2cc(F)ccc21. The van der Waals surface area contributed by atoms with Crippen LogP contribution in [0.3, 0.4) is 0 Å². The number of carbonyl (C=O) groups excluding carboxylic acids is 1. The minimum atomic E-state index is -1.19. The third kappa shape index (κ3) is 4.60. The fourth-order valence-corrected chi connectivity index (χ4v) is 3.80. The molecule has 1 heterocycles. The van der Waals surface area contributed by atoms with Crippen LogP contribution in [0.25, 0.3) is 10.2 Å². The Labute approximate surface area is 171 Å². The van der Waals surface area contributed by atoms with Crippen LogP contribution in [0.1, 0.15) is 13.8 Å². The zero-order valence-electron chi connectivity index (χ0n) is 15.7. The second kappa shape index (κ2) is 8.43. The number of aromatic nitrogens is 1. The van der Waals surface area contributed by atoms with Gasteiger partial charge in [0.05, 0.1) is 16.8 Å². The van der Waals surface area contributed by atoms with Gasteiger partial charge in [-0.2, -0.15) is 4.99 Å². The van der Waals surface area contributed by atoms with Crippen molar-refractivity contribution in [2.75, 3.05) is 13.7 Å². The molecule has 0 spiro atoms. The van der Waals surface area contributed by atoms with E-state index in [2.05, 4.69) is 4.99 Å². The number of halogens is 2. The number of amides is 1. The molecular weight excluding hydrogens is 403 g/mol. The molecule has 0 aliphatic carbocycles. The number of hydrogen-bond acceptors (Lipinski definition) is 4. The summed E-state index contributed by atoms with van der Waals surface area (Å²) in [4.78, 5) is 17.6. The van der Waals surface area contributed by atoms with Gasteiger partial charge in [0, 0.05) is 18.7 Å². The molecule has 0 aliphatic heterocycles. The van der Waals surface area contributed by atoms with Gasteiger partial charge in [-0.3, -0.25) is 4.79 Å². The molecule has 0 aliphatic rings. The van der Waals surface area contributed by atoms with Crippen LogP contribution in [0.2, 0.25) is 5.02 Å². The average Bonchev–Trinajstić information content (AvgIpc) is 2.97. The molecule has 148 valence electrons. The van der Waals surface area contributed by atoms with Gasteiger partial charge in [0.2, 0.25) is 0 Å². The van der Waals surface area contributed by atoms with Crippen LogP contribution in [0.4, 0.5) is 4.39 Å². The monoisotopic (exact) mass is 422 g/mol. The predicted molar refractivity (Wildman–Crippen MR) is 108 cm³/mol. The fourth-order valence-electron chi connectivity index (χ4n) is 2.59. The van der Waals surface area contributed by atoms with Crippen LogP contribution in [-0.4, -0.2) is 29.8 Å². The van der Waals surface area contributed by atoms with Crippen LogP contribution >= 0.6 is 22.9 Å². The summed E-state index contributed by atoms with van der Waals surface area (Å²) < 4.78 is 27.1. The van der Waals surface area contributed by atoms with Gasteiger partial charge in [0.25, 0.3) is 5.91 Å². The van der Waals surface area contributed by atoms with Crippen molar-refractivity contribution in [3.63, 3.8) is 0 Å². The lowest BCUT2D eigenvalue weighted by atomic mass is 10.1. The maximum Gasteiger partial charge on any atom is 0.291 e. The Hall–Kier alpha value is -2.22. The number of benzene rings is 2. The Kier molecular flexibility index (Phi) is 6.17. The van der Waals surface area contributed by atoms with E-state index in [0.717, 1.165) is 5.52 Å². The van der Waals surface area contributed by atoms with Crippen molar-refractivity contribution in [2.24, 2.45) is 4.99 Å². The summed E-state index contributed by atoms with van der Waals surface area (Å²) in [5.41, 5.74) is -0.389. The topological polar surface area (TPSA) is 52.8 Å². The second-order valence-corrected chi connectivity index (χ2v) is 8.07. The first-order valence-corrected chi connectivity index (χ1v) is 9.81. The van der Waals surface area contributed by atoms with Gasteiger partial charge in [0.1, 0.15) is 11.6 Å². The van der Waals surface area contributed by atoms with E-state index >= 15 is 0 Å². The lowest BCUT2D eigenvalue weighted by molar-refractivity contribution is -0.130. The van der Waals surface area contributed by atoms with E-state index in [-0.39, 0.29) is 5.82 Å². The molecule has 0 radical (unpaired) electrons. The van der Waals surface area contributed by atoms with Crippen molar-refractivity contribution in [2.45, 2.75) is 26.0 Å². The van der Waals surface area contributed by atoms with Gasteiger partial charge in [0.15, 0.2) is 10.4 Å². The maximum atomic E-state index is 13.6. The molecule has 0 fully saturated rings. The number of thiazole rings is 1. The lowest BCUT2D eigenvalue weighted by Gasteiger charge is -2.22. The molecule has 0 atom stereocenters. The van der Waals surface area contributed by atoms with Crippen LogP contribution in [-0.2, 0) is 16.1 Å². The number of nitrogens with zero attached hydrogens (tertiary/aromatic N) is 2. The Bertz CT molecular complexity index is 1060. The molecule has 0 N–H and O–H groups in total. The Morgan fingerprint density at radius 1 is 1.25 bits per heavy atom. The van der Waals surface area contributed by atoms with Crippen molar-refractivity contribution < 1.29 is 18.7 Å². The molecule has 0 saturated heterocycles. The molecule has 0 unspecified atom stereocenters. The summed E-state index contributed by atoms with van der Waals surface area (Å²) in [6.07, 6.45) is 0. The average molecular weight is 423 g/mol. The summed E-state index contributed by atoms with van der Waals surface area (Å²) in [5, 5.41) is 0.581. The molecular formula is C20H20ClFN2O3S. The van der Waals surface area contributed by atoms with Gasteiger partial charge in [-0.15, -0.1) is 0 Å². The number of methoxy groups -OCH3 is 1. The van der Waals surface area contributed by atoms with Crippen LogP contribution in [0.15, 0.2) is 47.5 Å². The third-order valence-corrected chi connectivity index (χ3v) is 5.36. The standard InChI is InChI=1S/C20H20ClFN2O3S/c1-20(2,27-15-7-4-13(21)5-8-15)18(25)23-19-24(10-11-26-3)16-9-6-14(22)12-17(16)28-19/h4-9,12H,10-11H2,1-3H3. The van der Waals surface area contributed by atoms with E-state index < -0.39 is 11.5 Å². The van der Waals surface area contributed by atoms with E-state index in [9.17, 15) is 9.18 Å². The van der Waals surface area contributed by atoms with Crippen LogP contribution < -0.4 is 9.54 Å². The fraction of sp³-hybridized carbons (Fsp3) is 0.300. The van der Waals surface area contributed by atoms with Gasteiger partial charge in [-0.05, 0) is 56.3 Å². The Morgan fingerprint density at radius 3 is 2.64 bits per heavy atom. The highest BCUT2D eigenvalue weighted by Crippen LogP contribution is 2.22. The van der Waals surface area contributed by atoms with Gasteiger partial charge < -0.3 is 14.0 Å². The highest BCUT2D eigenvalue weighted by atomic mass is 35.5. The molecule has 1 amide bonds. The Morgan fingerprint density at radius 2 is 1.96 bits per heavy atom. The molecule has 1 aromatic heterocycles. The maximum absolute atomic E-state index is 13.6. The van der Waals surface area contributed by atoms with E-state index in [4.69, 9.17) is 21.1 Å². The summed E-state index contributed by atoms with van der Waals surface area (Å²) in [5.74, 6) is -0.263. The Balaban J connectivity index is 1.97. The number of hydrogen-bond donors (Lipinski definition) is 0. The molecule has 2 aromatic carbocycles. The minimum absolute atomic E-state index is 0.336. The first-order valence-electron chi connectivity index (χ1n) is 8.62. The predicted octanol–water partition coefficient (Wildman–Crippen LogP) is 4.43. The quantitative estimate of drug-likeness (QED) is 0.590. The number of carbonyl (C=O) groups is 1. The zero-order chi connectivity index (χ0) is 20.3. The van der Waals surface area contributed by atoms with E-state index in [1.165, 1.54) is 23.5 Å². The zero-order valence-corrected chi connectivity index (χ0v) is 17.3. The molecule has 3 rings (SSSR count). The summed E-state index contributed by atoms with van der Waals surface area (Å²) in [6.45, 7) is 4.24. The first-order chi connectivity index (χ1) is 13.3. The van der Waals surface area contributed by atoms with E-state index in [0.29, 0.717) is 33.4 Å². The largest absolute Gasteiger partial charge is 0.478 e. The third-order valence-electron chi connectivity index (χ3n) is 4.06. The van der Waals surface area contributed by atoms with Crippen molar-refractivity contribution in [3.05, 3.63) is 58.1 Å². The van der Waals surface area contributed by atoms with E-state index in [1.807, 2.05) is 4.57 Å². The highest BCUT2D eigenvalue weighted by molar-refractivity contribution is 7.16. The molecule has 5 nitrogen and oxygen atoms in total. The number of fused-ring (bicyclic) bond motifs is 1. The normalized spacial score (nSPS) is 12.5. The lowest BCUT2D eigenvalue weighted by Crippen LogP contribution is -2.38. The van der Waals surface area contributed by atoms with Gasteiger partial charge in [-0.1, -0.05) is 22.9 Å². The number of ether oxygens (including phenoxy) is 2. The number of rotatable bonds is 6. The highest BCUT2D eigenvalue weighted by Gasteiger charge is 2.30. The minimum Gasteiger partial charge on any atom is -0.478 e. The van der Waals surface area contributed by atoms with E-state index in [1.54, 1.807) is 51.3 Å². The summed E-state index contributed by atoms with van der Waals surface area (Å²) in [7, 11) is 1.60. The first kappa shape index (κ1) is 20.5. The molecule has 8 heteroatoms. The van der Waals surface area contributed by atoms with Crippen LogP contribution in [0, 0.1) is 5.82 Å². The molecule has 0 saturated carbocycles. The second-order valence-electron chi connectivity index (χ2n) is 6.62. The molecule has 3 aromatic rings. The summed E-state index contributed by atoms with van der Waals surface area (Å²) in [6, 6.07) is 11.3. The smallest absolute Gasteiger partial charge is 0.291 e. The summed E-state index contributed by atoms with van der Waals surface area (Å²) >= 11 is 7.13. The molecule has 0 bridgehead atoms. The van der Waals surface area contributed by atoms with Crippen molar-refractivity contribution >= 4 is 39.1 Å².